The van der Waals surface area contributed by atoms with Crippen LogP contribution in [0.25, 0.3) is 21.8 Å². The molecule has 0 aliphatic rings. The lowest BCUT2D eigenvalue weighted by atomic mass is 9.98. The van der Waals surface area contributed by atoms with E-state index in [4.69, 9.17) is 26.7 Å². The third-order valence-corrected chi connectivity index (χ3v) is 7.73. The van der Waals surface area contributed by atoms with E-state index in [2.05, 4.69) is 35.5 Å². The van der Waals surface area contributed by atoms with Gasteiger partial charge in [0.15, 0.2) is 0 Å². The summed E-state index contributed by atoms with van der Waals surface area (Å²) in [6, 6.07) is 8.19. The van der Waals surface area contributed by atoms with Crippen LogP contribution in [-0.2, 0) is 15.4 Å². The number of anilines is 2. The summed E-state index contributed by atoms with van der Waals surface area (Å²) in [5.41, 5.74) is 7.58. The van der Waals surface area contributed by atoms with Gasteiger partial charge in [0.1, 0.15) is 11.2 Å². The first-order valence-electron chi connectivity index (χ1n) is 9.50. The highest BCUT2D eigenvalue weighted by molar-refractivity contribution is 7.92. The fourth-order valence-corrected chi connectivity index (χ4v) is 5.32. The first-order valence-corrected chi connectivity index (χ1v) is 12.2. The van der Waals surface area contributed by atoms with Gasteiger partial charge in [0.25, 0.3) is 10.0 Å². The monoisotopic (exact) mass is 489 g/mol. The highest BCUT2D eigenvalue weighted by Gasteiger charge is 2.26. The molecule has 3 aromatic heterocycles. The number of thiazole rings is 1. The Labute approximate surface area is 194 Å². The molecule has 8 nitrogen and oxygen atoms in total. The minimum absolute atomic E-state index is 0.000188. The van der Waals surface area contributed by atoms with Gasteiger partial charge in [-0.05, 0) is 18.2 Å². The predicted octanol–water partition coefficient (Wildman–Crippen LogP) is 5.19. The Hall–Kier alpha value is -2.95. The van der Waals surface area contributed by atoms with Crippen molar-refractivity contribution in [3.05, 3.63) is 59.1 Å². The van der Waals surface area contributed by atoms with Gasteiger partial charge in [-0.25, -0.2) is 23.4 Å². The average Bonchev–Trinajstić information content (AvgIpc) is 3.40. The Kier molecular flexibility index (Phi) is 5.70. The van der Waals surface area contributed by atoms with E-state index in [1.807, 2.05) is 0 Å². The molecular weight excluding hydrogens is 470 g/mol. The molecule has 0 amide bonds. The smallest absolute Gasteiger partial charge is 0.265 e. The lowest BCUT2D eigenvalue weighted by Crippen LogP contribution is -2.12. The van der Waals surface area contributed by atoms with Crippen LogP contribution in [0.2, 0.25) is 5.02 Å². The summed E-state index contributed by atoms with van der Waals surface area (Å²) in [5.74, 6) is 0.145. The van der Waals surface area contributed by atoms with E-state index in [1.165, 1.54) is 23.7 Å². The summed E-state index contributed by atoms with van der Waals surface area (Å²) in [5, 5.41) is 1.09. The van der Waals surface area contributed by atoms with E-state index < -0.39 is 10.0 Å². The van der Waals surface area contributed by atoms with E-state index in [-0.39, 0.29) is 27.0 Å². The molecule has 0 atom stereocenters. The predicted molar refractivity (Wildman–Crippen MR) is 126 cm³/mol. The molecular formula is C21H20ClN5O3S2. The Morgan fingerprint density at radius 3 is 2.59 bits per heavy atom. The summed E-state index contributed by atoms with van der Waals surface area (Å²) in [6.45, 7) is 6.18. The van der Waals surface area contributed by atoms with Gasteiger partial charge >= 0.3 is 0 Å². The maximum absolute atomic E-state index is 12.7. The molecule has 0 spiro atoms. The Bertz CT molecular complexity index is 1380. The molecule has 3 heterocycles. The minimum Gasteiger partial charge on any atom is -0.471 e. The number of nitrogen functional groups attached to an aromatic ring is 1. The number of nitrogens with two attached hydrogens (primary N) is 1. The third-order valence-electron chi connectivity index (χ3n) is 4.48. The maximum Gasteiger partial charge on any atom is 0.265 e. The molecule has 32 heavy (non-hydrogen) atoms. The molecule has 11 heteroatoms. The number of rotatable bonds is 5. The largest absolute Gasteiger partial charge is 0.471 e. The summed E-state index contributed by atoms with van der Waals surface area (Å²) < 4.78 is 32.7. The molecule has 0 unspecified atom stereocenters. The van der Waals surface area contributed by atoms with Gasteiger partial charge in [-0.1, -0.05) is 44.5 Å². The van der Waals surface area contributed by atoms with E-state index in [9.17, 15) is 8.42 Å². The first kappa shape index (κ1) is 22.3. The summed E-state index contributed by atoms with van der Waals surface area (Å²) in [6.07, 6.45) is 4.01. The number of hydrogen-bond acceptors (Lipinski definition) is 8. The fourth-order valence-electron chi connectivity index (χ4n) is 2.90. The van der Waals surface area contributed by atoms with Crippen LogP contribution in [0, 0.1) is 0 Å². The average molecular weight is 490 g/mol. The van der Waals surface area contributed by atoms with Gasteiger partial charge in [0.05, 0.1) is 38.2 Å². The molecule has 0 saturated heterocycles. The van der Waals surface area contributed by atoms with Crippen molar-refractivity contribution in [1.29, 1.82) is 0 Å². The van der Waals surface area contributed by atoms with Crippen LogP contribution in [0.3, 0.4) is 0 Å². The van der Waals surface area contributed by atoms with E-state index in [1.54, 1.807) is 30.5 Å². The molecule has 1 aromatic carbocycles. The number of halogens is 1. The number of nitrogens with zero attached hydrogens (tertiary/aromatic N) is 3. The lowest BCUT2D eigenvalue weighted by molar-refractivity contribution is 0.557. The number of nitrogens with one attached hydrogen (secondary N) is 1. The molecule has 0 saturated carbocycles. The van der Waals surface area contributed by atoms with Crippen LogP contribution in [0.1, 0.15) is 25.8 Å². The quantitative estimate of drug-likeness (QED) is 0.395. The fraction of sp³-hybridized carbons (Fsp3) is 0.190. The Morgan fingerprint density at radius 1 is 1.16 bits per heavy atom. The van der Waals surface area contributed by atoms with Crippen LogP contribution in [0.4, 0.5) is 11.6 Å². The molecule has 3 N–H and O–H groups in total. The van der Waals surface area contributed by atoms with Crippen LogP contribution < -0.4 is 10.5 Å². The minimum atomic E-state index is -3.86. The molecule has 4 rings (SSSR count). The highest BCUT2D eigenvalue weighted by Crippen LogP contribution is 2.43. The second kappa shape index (κ2) is 8.19. The molecule has 0 aliphatic carbocycles. The summed E-state index contributed by atoms with van der Waals surface area (Å²) >= 11 is 8.16. The van der Waals surface area contributed by atoms with Crippen molar-refractivity contribution in [2.75, 3.05) is 10.5 Å². The summed E-state index contributed by atoms with van der Waals surface area (Å²) in [7, 11) is -3.86. The second-order valence-electron chi connectivity index (χ2n) is 7.98. The van der Waals surface area contributed by atoms with Gasteiger partial charge in [-0.2, -0.15) is 0 Å². The van der Waals surface area contributed by atoms with Crippen molar-refractivity contribution >= 4 is 44.6 Å². The second-order valence-corrected chi connectivity index (χ2v) is 11.0. The zero-order valence-electron chi connectivity index (χ0n) is 17.5. The Balaban J connectivity index is 1.85. The zero-order valence-corrected chi connectivity index (χ0v) is 19.8. The van der Waals surface area contributed by atoms with E-state index in [0.29, 0.717) is 17.0 Å². The van der Waals surface area contributed by atoms with Gasteiger partial charge in [0, 0.05) is 17.2 Å². The van der Waals surface area contributed by atoms with Gasteiger partial charge < -0.3 is 10.2 Å². The zero-order chi connectivity index (χ0) is 23.1. The normalized spacial score (nSPS) is 12.1. The van der Waals surface area contributed by atoms with E-state index >= 15 is 0 Å². The van der Waals surface area contributed by atoms with Crippen LogP contribution in [0.5, 0.6) is 0 Å². The van der Waals surface area contributed by atoms with Crippen molar-refractivity contribution < 1.29 is 12.8 Å². The molecule has 0 aliphatic heterocycles. The van der Waals surface area contributed by atoms with Crippen molar-refractivity contribution in [1.82, 2.24) is 15.0 Å². The standard InChI is InChI=1S/C21H20ClN5O3S2/c1-21(2,3)19-26-17(18(31-19)15-7-9-24-20(23)25-15)13-5-4-6-14(16(13)22)27-32(28,29)12-8-10-30-11-12/h4-11,27H,1-3H3,(H2,23,24,25). The highest BCUT2D eigenvalue weighted by atomic mass is 35.5. The number of sulfonamides is 1. The topological polar surface area (TPSA) is 124 Å². The van der Waals surface area contributed by atoms with Crippen LogP contribution in [0.15, 0.2) is 58.4 Å². The molecule has 0 bridgehead atoms. The van der Waals surface area contributed by atoms with Crippen molar-refractivity contribution in [2.24, 2.45) is 0 Å². The van der Waals surface area contributed by atoms with Crippen molar-refractivity contribution in [3.8, 4) is 21.8 Å². The SMILES string of the molecule is CC(C)(C)c1nc(-c2cccc(NS(=O)(=O)c3ccoc3)c2Cl)c(-c2ccnc(N)n2)s1. The molecule has 0 radical (unpaired) electrons. The van der Waals surface area contributed by atoms with Gasteiger partial charge in [-0.15, -0.1) is 11.3 Å². The summed E-state index contributed by atoms with van der Waals surface area (Å²) in [4.78, 5) is 13.9. The van der Waals surface area contributed by atoms with Crippen molar-refractivity contribution in [2.45, 2.75) is 31.1 Å². The van der Waals surface area contributed by atoms with E-state index in [0.717, 1.165) is 16.1 Å². The maximum atomic E-state index is 12.7. The first-order chi connectivity index (χ1) is 15.1. The molecule has 4 aromatic rings. The number of hydrogen-bond donors (Lipinski definition) is 2. The third kappa shape index (κ3) is 4.34. The van der Waals surface area contributed by atoms with Crippen molar-refractivity contribution in [3.63, 3.8) is 0 Å². The lowest BCUT2D eigenvalue weighted by Gasteiger charge is -2.14. The molecule has 0 fully saturated rings. The molecule has 166 valence electrons. The van der Waals surface area contributed by atoms with Crippen LogP contribution >= 0.6 is 22.9 Å². The number of aromatic nitrogens is 3. The Morgan fingerprint density at radius 2 is 1.94 bits per heavy atom. The number of furan rings is 1. The van der Waals surface area contributed by atoms with Crippen LogP contribution in [-0.4, -0.2) is 23.4 Å². The van der Waals surface area contributed by atoms with Gasteiger partial charge in [-0.3, -0.25) is 4.72 Å². The number of benzene rings is 1. The van der Waals surface area contributed by atoms with Gasteiger partial charge in [0.2, 0.25) is 5.95 Å².